The molecule has 2 rings (SSSR count). The highest BCUT2D eigenvalue weighted by Gasteiger charge is 2.33. The maximum absolute atomic E-state index is 12.7. The first-order chi connectivity index (χ1) is 9.80. The molecule has 1 aromatic rings. The van der Waals surface area contributed by atoms with Gasteiger partial charge in [-0.2, -0.15) is 17.0 Å². The third kappa shape index (κ3) is 3.83. The molecule has 118 valence electrons. The predicted octanol–water partition coefficient (Wildman–Crippen LogP) is 1.78. The van der Waals surface area contributed by atoms with E-state index in [2.05, 4.69) is 0 Å². The van der Waals surface area contributed by atoms with Crippen LogP contribution < -0.4 is 0 Å². The first kappa shape index (κ1) is 16.4. The van der Waals surface area contributed by atoms with Gasteiger partial charge < -0.3 is 4.74 Å². The number of morpholine rings is 1. The van der Waals surface area contributed by atoms with E-state index in [0.717, 1.165) is 11.1 Å². The fraction of sp³-hybridized carbons (Fsp3) is 0.600. The predicted molar refractivity (Wildman–Crippen MR) is 83.1 cm³/mol. The van der Waals surface area contributed by atoms with Crippen molar-refractivity contribution in [2.75, 3.05) is 20.1 Å². The van der Waals surface area contributed by atoms with E-state index in [1.807, 2.05) is 45.0 Å². The Morgan fingerprint density at radius 1 is 1.24 bits per heavy atom. The van der Waals surface area contributed by atoms with Crippen LogP contribution in [0.1, 0.15) is 25.0 Å². The van der Waals surface area contributed by atoms with Gasteiger partial charge in [-0.25, -0.2) is 0 Å². The largest absolute Gasteiger partial charge is 0.373 e. The van der Waals surface area contributed by atoms with Crippen molar-refractivity contribution in [1.29, 1.82) is 0 Å². The van der Waals surface area contributed by atoms with Gasteiger partial charge in [-0.15, -0.1) is 0 Å². The third-order valence-corrected chi connectivity index (χ3v) is 5.63. The van der Waals surface area contributed by atoms with Gasteiger partial charge in [0.1, 0.15) is 0 Å². The Morgan fingerprint density at radius 3 is 2.38 bits per heavy atom. The van der Waals surface area contributed by atoms with Crippen LogP contribution in [0.25, 0.3) is 0 Å². The van der Waals surface area contributed by atoms with Crippen molar-refractivity contribution in [3.63, 3.8) is 0 Å². The van der Waals surface area contributed by atoms with E-state index in [0.29, 0.717) is 19.6 Å². The molecule has 0 amide bonds. The SMILES string of the molecule is Cc1ccccc1CN(C)S(=O)(=O)N1CC(C)OC(C)C1. The Kier molecular flexibility index (Phi) is 5.03. The zero-order valence-electron chi connectivity index (χ0n) is 13.1. The van der Waals surface area contributed by atoms with Gasteiger partial charge in [-0.05, 0) is 31.9 Å². The molecule has 0 radical (unpaired) electrons. The zero-order valence-corrected chi connectivity index (χ0v) is 13.9. The van der Waals surface area contributed by atoms with Crippen LogP contribution in [0.15, 0.2) is 24.3 Å². The maximum atomic E-state index is 12.7. The quantitative estimate of drug-likeness (QED) is 0.851. The van der Waals surface area contributed by atoms with Crippen molar-refractivity contribution in [2.45, 2.75) is 39.5 Å². The molecule has 0 N–H and O–H groups in total. The summed E-state index contributed by atoms with van der Waals surface area (Å²) in [4.78, 5) is 0. The van der Waals surface area contributed by atoms with Crippen LogP contribution in [0.5, 0.6) is 0 Å². The molecule has 0 saturated carbocycles. The van der Waals surface area contributed by atoms with Gasteiger partial charge >= 0.3 is 0 Å². The van der Waals surface area contributed by atoms with E-state index in [1.54, 1.807) is 7.05 Å². The molecule has 0 aliphatic carbocycles. The molecule has 1 heterocycles. The minimum atomic E-state index is -3.46. The average Bonchev–Trinajstić information content (AvgIpc) is 2.40. The van der Waals surface area contributed by atoms with E-state index in [1.165, 1.54) is 8.61 Å². The molecule has 6 heteroatoms. The van der Waals surface area contributed by atoms with Gasteiger partial charge in [0.2, 0.25) is 0 Å². The Balaban J connectivity index is 2.13. The number of benzene rings is 1. The van der Waals surface area contributed by atoms with E-state index in [-0.39, 0.29) is 12.2 Å². The molecule has 5 nitrogen and oxygen atoms in total. The number of nitrogens with zero attached hydrogens (tertiary/aromatic N) is 2. The lowest BCUT2D eigenvalue weighted by Gasteiger charge is -2.36. The van der Waals surface area contributed by atoms with E-state index in [9.17, 15) is 8.42 Å². The second-order valence-corrected chi connectivity index (χ2v) is 7.80. The van der Waals surface area contributed by atoms with E-state index >= 15 is 0 Å². The highest BCUT2D eigenvalue weighted by atomic mass is 32.2. The lowest BCUT2D eigenvalue weighted by Crippen LogP contribution is -2.52. The molecule has 21 heavy (non-hydrogen) atoms. The summed E-state index contributed by atoms with van der Waals surface area (Å²) in [7, 11) is -1.82. The van der Waals surface area contributed by atoms with Crippen molar-refractivity contribution in [3.05, 3.63) is 35.4 Å². The van der Waals surface area contributed by atoms with E-state index < -0.39 is 10.2 Å². The molecular formula is C15H24N2O3S. The topological polar surface area (TPSA) is 49.9 Å². The summed E-state index contributed by atoms with van der Waals surface area (Å²) in [6.45, 7) is 7.00. The lowest BCUT2D eigenvalue weighted by atomic mass is 10.1. The summed E-state index contributed by atoms with van der Waals surface area (Å²) in [6, 6.07) is 7.85. The minimum absolute atomic E-state index is 0.0737. The zero-order chi connectivity index (χ0) is 15.6. The van der Waals surface area contributed by atoms with Crippen LogP contribution in [-0.2, 0) is 21.5 Å². The van der Waals surface area contributed by atoms with Crippen molar-refractivity contribution >= 4 is 10.2 Å². The van der Waals surface area contributed by atoms with Crippen molar-refractivity contribution in [1.82, 2.24) is 8.61 Å². The van der Waals surface area contributed by atoms with Crippen LogP contribution in [0, 0.1) is 6.92 Å². The number of rotatable bonds is 4. The van der Waals surface area contributed by atoms with Crippen LogP contribution >= 0.6 is 0 Å². The molecule has 2 atom stereocenters. The fourth-order valence-corrected chi connectivity index (χ4v) is 4.12. The second kappa shape index (κ2) is 6.44. The summed E-state index contributed by atoms with van der Waals surface area (Å²) in [6.07, 6.45) is -0.147. The van der Waals surface area contributed by atoms with Crippen LogP contribution in [-0.4, -0.2) is 49.4 Å². The van der Waals surface area contributed by atoms with Crippen LogP contribution in [0.4, 0.5) is 0 Å². The summed E-state index contributed by atoms with van der Waals surface area (Å²) in [5.74, 6) is 0. The molecule has 1 aromatic carbocycles. The second-order valence-electron chi connectivity index (χ2n) is 5.76. The van der Waals surface area contributed by atoms with Gasteiger partial charge in [-0.1, -0.05) is 24.3 Å². The third-order valence-electron chi connectivity index (χ3n) is 3.76. The number of aryl methyl sites for hydroxylation is 1. The molecule has 1 fully saturated rings. The summed E-state index contributed by atoms with van der Waals surface area (Å²) < 4.78 is 33.9. The van der Waals surface area contributed by atoms with Crippen molar-refractivity contribution in [2.24, 2.45) is 0 Å². The monoisotopic (exact) mass is 312 g/mol. The highest BCUT2D eigenvalue weighted by Crippen LogP contribution is 2.19. The average molecular weight is 312 g/mol. The Hall–Kier alpha value is -0.950. The highest BCUT2D eigenvalue weighted by molar-refractivity contribution is 7.86. The van der Waals surface area contributed by atoms with Crippen molar-refractivity contribution in [3.8, 4) is 0 Å². The van der Waals surface area contributed by atoms with Crippen molar-refractivity contribution < 1.29 is 13.2 Å². The fourth-order valence-electron chi connectivity index (χ4n) is 2.63. The van der Waals surface area contributed by atoms with Gasteiger partial charge in [0.25, 0.3) is 10.2 Å². The molecule has 1 saturated heterocycles. The Bertz CT molecular complexity index is 578. The number of hydrogen-bond donors (Lipinski definition) is 0. The van der Waals surface area contributed by atoms with Gasteiger partial charge in [0, 0.05) is 26.7 Å². The van der Waals surface area contributed by atoms with E-state index in [4.69, 9.17) is 4.74 Å². The van der Waals surface area contributed by atoms with Gasteiger partial charge in [-0.3, -0.25) is 0 Å². The van der Waals surface area contributed by atoms with Crippen LogP contribution in [0.2, 0.25) is 0 Å². The standard InChI is InChI=1S/C15H24N2O3S/c1-12-7-5-6-8-15(12)11-16(4)21(18,19)17-9-13(2)20-14(3)10-17/h5-8,13-14H,9-11H2,1-4H3. The van der Waals surface area contributed by atoms with Gasteiger partial charge in [0.15, 0.2) is 0 Å². The normalized spacial score (nSPS) is 24.4. The molecular weight excluding hydrogens is 288 g/mol. The first-order valence-electron chi connectivity index (χ1n) is 7.22. The molecule has 1 aliphatic rings. The maximum Gasteiger partial charge on any atom is 0.282 e. The lowest BCUT2D eigenvalue weighted by molar-refractivity contribution is -0.0453. The molecule has 0 aromatic heterocycles. The number of ether oxygens (including phenoxy) is 1. The Labute approximate surface area is 127 Å². The van der Waals surface area contributed by atoms with Crippen LogP contribution in [0.3, 0.4) is 0 Å². The number of hydrogen-bond acceptors (Lipinski definition) is 3. The molecule has 0 bridgehead atoms. The minimum Gasteiger partial charge on any atom is -0.373 e. The summed E-state index contributed by atoms with van der Waals surface area (Å²) >= 11 is 0. The Morgan fingerprint density at radius 2 is 1.81 bits per heavy atom. The summed E-state index contributed by atoms with van der Waals surface area (Å²) in [5.41, 5.74) is 2.13. The smallest absolute Gasteiger partial charge is 0.282 e. The first-order valence-corrected chi connectivity index (χ1v) is 8.61. The summed E-state index contributed by atoms with van der Waals surface area (Å²) in [5, 5.41) is 0. The molecule has 0 spiro atoms. The molecule has 1 aliphatic heterocycles. The molecule has 2 unspecified atom stereocenters. The van der Waals surface area contributed by atoms with Gasteiger partial charge in [0.05, 0.1) is 12.2 Å².